The van der Waals surface area contributed by atoms with Gasteiger partial charge in [0.15, 0.2) is 0 Å². The average Bonchev–Trinajstić information content (AvgIpc) is 1.14. The first-order valence-corrected chi connectivity index (χ1v) is 10.5. The molecule has 0 unspecified atom stereocenters. The van der Waals surface area contributed by atoms with E-state index in [1.165, 1.54) is 0 Å². The van der Waals surface area contributed by atoms with Gasteiger partial charge in [0, 0.05) is 0 Å². The average molecular weight is 177 g/mol. The molecule has 0 amide bonds. The summed E-state index contributed by atoms with van der Waals surface area (Å²) in [5.74, 6) is 0. The van der Waals surface area contributed by atoms with Crippen molar-refractivity contribution in [3.05, 3.63) is 0 Å². The van der Waals surface area contributed by atoms with Crippen molar-refractivity contribution < 1.29 is 40.6 Å². The minimum Gasteiger partial charge on any atom is -1.00 e. The molecule has 0 aromatic heterocycles. The molecule has 0 aromatic rings. The van der Waals surface area contributed by atoms with Crippen LogP contribution in [0.2, 0.25) is 39.3 Å². The summed E-state index contributed by atoms with van der Waals surface area (Å²) in [6.45, 7) is 14.1. The standard InChI is InChI=1S/C6H19NSi2.2Li.2H/c1-8(2,3)7-9(4,5)6;;;;/h7H,1-6H3;;;;/q;2*+1;2*-1. The molecule has 0 bridgehead atoms. The van der Waals surface area contributed by atoms with Crippen molar-refractivity contribution in [1.29, 1.82) is 0 Å². The Labute approximate surface area is 101 Å². The Morgan fingerprint density at radius 3 is 0.909 bits per heavy atom. The fourth-order valence-electron chi connectivity index (χ4n) is 1.12. The number of hydrogen-bond donors (Lipinski definition) is 1. The normalized spacial score (nSPS) is 11.5. The van der Waals surface area contributed by atoms with Crippen LogP contribution in [0.1, 0.15) is 2.85 Å². The number of hydrogen-bond acceptors (Lipinski definition) is 1. The molecule has 0 aliphatic rings. The van der Waals surface area contributed by atoms with Gasteiger partial charge in [-0.25, -0.2) is 0 Å². The molecule has 0 aromatic carbocycles. The molecule has 11 heavy (non-hydrogen) atoms. The molecule has 0 aliphatic heterocycles. The summed E-state index contributed by atoms with van der Waals surface area (Å²) in [5.41, 5.74) is 0. The minimum absolute atomic E-state index is 0. The third-order valence-electron chi connectivity index (χ3n) is 0.750. The van der Waals surface area contributed by atoms with Crippen LogP contribution >= 0.6 is 0 Å². The Bertz CT molecular complexity index is 91.8. The largest absolute Gasteiger partial charge is 1.00 e. The van der Waals surface area contributed by atoms with Crippen LogP contribution in [0.25, 0.3) is 0 Å². The molecule has 0 fully saturated rings. The summed E-state index contributed by atoms with van der Waals surface area (Å²) in [5, 5.41) is 0. The number of nitrogens with one attached hydrogen (secondary N) is 1. The van der Waals surface area contributed by atoms with Crippen LogP contribution < -0.4 is 42.4 Å². The summed E-state index contributed by atoms with van der Waals surface area (Å²) in [7, 11) is -1.96. The van der Waals surface area contributed by atoms with Crippen LogP contribution in [0.5, 0.6) is 0 Å². The fraction of sp³-hybridized carbons (Fsp3) is 1.00. The zero-order chi connectivity index (χ0) is 7.71. The van der Waals surface area contributed by atoms with E-state index in [4.69, 9.17) is 0 Å². The van der Waals surface area contributed by atoms with Gasteiger partial charge in [-0.2, -0.15) is 0 Å². The minimum atomic E-state index is -0.981. The number of rotatable bonds is 2. The van der Waals surface area contributed by atoms with Crippen LogP contribution in [-0.2, 0) is 0 Å². The molecule has 0 spiro atoms. The summed E-state index contributed by atoms with van der Waals surface area (Å²) >= 11 is 0. The SMILES string of the molecule is C[Si](C)(C)N[Si](C)(C)C.[H-].[H-].[Li+].[Li+]. The summed E-state index contributed by atoms with van der Waals surface area (Å²) in [4.78, 5) is 0. The molecule has 1 nitrogen and oxygen atoms in total. The van der Waals surface area contributed by atoms with Crippen LogP contribution in [0, 0.1) is 0 Å². The molecule has 0 aliphatic carbocycles. The molecule has 0 atom stereocenters. The topological polar surface area (TPSA) is 12.0 Å². The first-order valence-electron chi connectivity index (χ1n) is 3.50. The third-order valence-corrected chi connectivity index (χ3v) is 6.75. The van der Waals surface area contributed by atoms with Crippen LogP contribution in [-0.4, -0.2) is 16.5 Å². The Morgan fingerprint density at radius 2 is 0.909 bits per heavy atom. The summed E-state index contributed by atoms with van der Waals surface area (Å²) in [6.07, 6.45) is 0. The molecule has 0 radical (unpaired) electrons. The third kappa shape index (κ3) is 18.5. The van der Waals surface area contributed by atoms with Gasteiger partial charge in [-0.3, -0.25) is 0 Å². The van der Waals surface area contributed by atoms with Crippen molar-refractivity contribution in [2.75, 3.05) is 0 Å². The van der Waals surface area contributed by atoms with Gasteiger partial charge in [0.2, 0.25) is 0 Å². The van der Waals surface area contributed by atoms with Gasteiger partial charge in [0.25, 0.3) is 0 Å². The molecule has 0 saturated carbocycles. The van der Waals surface area contributed by atoms with Crippen molar-refractivity contribution in [2.24, 2.45) is 0 Å². The van der Waals surface area contributed by atoms with Crippen LogP contribution in [0.15, 0.2) is 0 Å². The van der Waals surface area contributed by atoms with E-state index in [2.05, 4.69) is 43.9 Å². The van der Waals surface area contributed by atoms with Crippen molar-refractivity contribution in [3.8, 4) is 0 Å². The van der Waals surface area contributed by atoms with Gasteiger partial charge in [-0.15, -0.1) is 0 Å². The van der Waals surface area contributed by atoms with Gasteiger partial charge in [-0.1, -0.05) is 39.3 Å². The molecule has 0 saturated heterocycles. The zero-order valence-electron chi connectivity index (χ0n) is 11.5. The Kier molecular flexibility index (Phi) is 10.2. The second-order valence-electron chi connectivity index (χ2n) is 4.62. The Balaban J connectivity index is -0.0000000533. The second kappa shape index (κ2) is 6.10. The van der Waals surface area contributed by atoms with E-state index in [9.17, 15) is 0 Å². The van der Waals surface area contributed by atoms with Crippen molar-refractivity contribution >= 4 is 16.5 Å². The second-order valence-corrected chi connectivity index (χ2v) is 14.6. The molecule has 60 valence electrons. The van der Waals surface area contributed by atoms with Gasteiger partial charge in [0.05, 0.1) is 0 Å². The zero-order valence-corrected chi connectivity index (χ0v) is 11.5. The predicted molar refractivity (Wildman–Crippen MR) is 52.1 cm³/mol. The fourth-order valence-corrected chi connectivity index (χ4v) is 10.1. The van der Waals surface area contributed by atoms with Crippen LogP contribution in [0.3, 0.4) is 0 Å². The van der Waals surface area contributed by atoms with Crippen molar-refractivity contribution in [3.63, 3.8) is 0 Å². The van der Waals surface area contributed by atoms with Gasteiger partial charge in [-0.05, 0) is 0 Å². The molecule has 0 heterocycles. The van der Waals surface area contributed by atoms with Crippen molar-refractivity contribution in [1.82, 2.24) is 4.65 Å². The smallest absolute Gasteiger partial charge is 1.00 e. The molecule has 5 heteroatoms. The van der Waals surface area contributed by atoms with E-state index >= 15 is 0 Å². The quantitative estimate of drug-likeness (QED) is 0.431. The van der Waals surface area contributed by atoms with Crippen molar-refractivity contribution in [2.45, 2.75) is 39.3 Å². The van der Waals surface area contributed by atoms with E-state index < -0.39 is 16.5 Å². The van der Waals surface area contributed by atoms with Gasteiger partial charge >= 0.3 is 37.7 Å². The Morgan fingerprint density at radius 1 is 0.727 bits per heavy atom. The van der Waals surface area contributed by atoms with E-state index in [1.807, 2.05) is 0 Å². The van der Waals surface area contributed by atoms with E-state index in [1.54, 1.807) is 0 Å². The van der Waals surface area contributed by atoms with Gasteiger partial charge in [0.1, 0.15) is 16.5 Å². The Hall–Kier alpha value is 1.59. The van der Waals surface area contributed by atoms with Crippen LogP contribution in [0.4, 0.5) is 0 Å². The predicted octanol–water partition coefficient (Wildman–Crippen LogP) is -3.52. The summed E-state index contributed by atoms with van der Waals surface area (Å²) in [6, 6.07) is 0. The first kappa shape index (κ1) is 18.4. The maximum atomic E-state index is 3.74. The van der Waals surface area contributed by atoms with E-state index in [0.29, 0.717) is 0 Å². The van der Waals surface area contributed by atoms with Gasteiger partial charge < -0.3 is 7.50 Å². The molecule has 1 N–H and O–H groups in total. The summed E-state index contributed by atoms with van der Waals surface area (Å²) < 4.78 is 3.74. The molecule has 0 rings (SSSR count). The van der Waals surface area contributed by atoms with E-state index in [-0.39, 0.29) is 40.6 Å². The molecular formula is C6H21Li2NSi2. The maximum absolute atomic E-state index is 3.74. The molecular weight excluding hydrogens is 156 g/mol. The monoisotopic (exact) mass is 177 g/mol. The maximum Gasteiger partial charge on any atom is 1.00 e. The first-order chi connectivity index (χ1) is 3.71. The van der Waals surface area contributed by atoms with E-state index in [0.717, 1.165) is 0 Å².